The molecule has 0 spiro atoms. The van der Waals surface area contributed by atoms with Gasteiger partial charge in [-0.3, -0.25) is 14.9 Å². The zero-order chi connectivity index (χ0) is 17.4. The maximum absolute atomic E-state index is 12.5. The predicted octanol–water partition coefficient (Wildman–Crippen LogP) is 3.34. The first kappa shape index (κ1) is 16.7. The van der Waals surface area contributed by atoms with E-state index < -0.39 is 38.9 Å². The van der Waals surface area contributed by atoms with E-state index in [1.54, 1.807) is 0 Å². The van der Waals surface area contributed by atoms with Crippen molar-refractivity contribution < 1.29 is 28.0 Å². The number of anilines is 1. The molecule has 0 fully saturated rings. The average Bonchev–Trinajstić information content (AvgIpc) is 2.86. The number of nitrogens with one attached hydrogen (secondary N) is 1. The van der Waals surface area contributed by atoms with E-state index in [4.69, 9.17) is 0 Å². The van der Waals surface area contributed by atoms with E-state index in [-0.39, 0.29) is 22.9 Å². The Hall–Kier alpha value is -2.69. The lowest BCUT2D eigenvalue weighted by Gasteiger charge is -2.06. The Morgan fingerprint density at radius 2 is 2.04 bits per heavy atom. The van der Waals surface area contributed by atoms with Gasteiger partial charge in [0, 0.05) is 17.7 Å². The molecule has 1 heterocycles. The third-order valence-electron chi connectivity index (χ3n) is 2.79. The second-order valence-corrected chi connectivity index (χ2v) is 5.25. The predicted molar refractivity (Wildman–Crippen MR) is 74.6 cm³/mol. The Balaban J connectivity index is 2.29. The van der Waals surface area contributed by atoms with Gasteiger partial charge in [0.05, 0.1) is 10.5 Å². The van der Waals surface area contributed by atoms with E-state index in [2.05, 4.69) is 9.69 Å². The number of nitrogens with zero attached hydrogens (tertiary/aromatic N) is 2. The highest BCUT2D eigenvalue weighted by molar-refractivity contribution is 7.06. The largest absolute Gasteiger partial charge is 0.507 e. The summed E-state index contributed by atoms with van der Waals surface area (Å²) in [6.45, 7) is 1.37. The van der Waals surface area contributed by atoms with Crippen LogP contribution in [0.3, 0.4) is 0 Å². The Labute approximate surface area is 130 Å². The van der Waals surface area contributed by atoms with Crippen molar-refractivity contribution in [1.29, 1.82) is 0 Å². The number of benzene rings is 1. The first-order chi connectivity index (χ1) is 10.6. The molecule has 0 unspecified atom stereocenters. The van der Waals surface area contributed by atoms with Crippen LogP contribution in [0.2, 0.25) is 0 Å². The molecule has 0 aliphatic carbocycles. The Morgan fingerprint density at radius 3 is 2.57 bits per heavy atom. The molecular weight excluding hydrogens is 339 g/mol. The Kier molecular flexibility index (Phi) is 4.23. The van der Waals surface area contributed by atoms with Crippen LogP contribution in [0, 0.1) is 17.0 Å². The van der Waals surface area contributed by atoms with Gasteiger partial charge in [0.15, 0.2) is 0 Å². The lowest BCUT2D eigenvalue weighted by molar-refractivity contribution is -0.385. The summed E-state index contributed by atoms with van der Waals surface area (Å²) in [5.74, 6) is -1.91. The summed E-state index contributed by atoms with van der Waals surface area (Å²) in [6, 6.07) is 2.49. The van der Waals surface area contributed by atoms with E-state index in [9.17, 15) is 33.2 Å². The fourth-order valence-electron chi connectivity index (χ4n) is 1.71. The first-order valence-corrected chi connectivity index (χ1v) is 6.70. The minimum absolute atomic E-state index is 0.136. The van der Waals surface area contributed by atoms with Crippen LogP contribution >= 0.6 is 11.5 Å². The number of nitro benzene ring substituents is 1. The molecule has 11 heteroatoms. The average molecular weight is 347 g/mol. The molecule has 1 amide bonds. The van der Waals surface area contributed by atoms with Gasteiger partial charge >= 0.3 is 6.18 Å². The molecule has 2 N–H and O–H groups in total. The summed E-state index contributed by atoms with van der Waals surface area (Å²) in [5, 5.41) is 22.6. The van der Waals surface area contributed by atoms with Crippen molar-refractivity contribution in [3.8, 4) is 5.75 Å². The third kappa shape index (κ3) is 3.56. The maximum atomic E-state index is 12.5. The molecule has 7 nitrogen and oxygen atoms in total. The number of rotatable bonds is 3. The topological polar surface area (TPSA) is 105 Å². The van der Waals surface area contributed by atoms with Crippen molar-refractivity contribution in [3.05, 3.63) is 44.3 Å². The zero-order valence-corrected chi connectivity index (χ0v) is 12.2. The zero-order valence-electron chi connectivity index (χ0n) is 11.3. The highest BCUT2D eigenvalue weighted by atomic mass is 32.1. The van der Waals surface area contributed by atoms with Crippen LogP contribution in [-0.4, -0.2) is 20.3 Å². The van der Waals surface area contributed by atoms with Crippen molar-refractivity contribution in [2.24, 2.45) is 0 Å². The maximum Gasteiger partial charge on any atom is 0.427 e. The molecule has 0 aliphatic rings. The van der Waals surface area contributed by atoms with Crippen LogP contribution in [0.25, 0.3) is 0 Å². The van der Waals surface area contributed by atoms with Gasteiger partial charge in [-0.05, 0) is 24.5 Å². The lowest BCUT2D eigenvalue weighted by Crippen LogP contribution is -2.13. The first-order valence-electron chi connectivity index (χ1n) is 5.93. The number of carbonyl (C=O) groups excluding carboxylic acids is 1. The second-order valence-electron chi connectivity index (χ2n) is 4.44. The van der Waals surface area contributed by atoms with Crippen molar-refractivity contribution in [2.45, 2.75) is 13.1 Å². The van der Waals surface area contributed by atoms with E-state index in [1.165, 1.54) is 6.92 Å². The highest BCUT2D eigenvalue weighted by Gasteiger charge is 2.33. The van der Waals surface area contributed by atoms with Gasteiger partial charge in [-0.2, -0.15) is 17.5 Å². The van der Waals surface area contributed by atoms with Crippen LogP contribution in [0.1, 0.15) is 20.8 Å². The van der Waals surface area contributed by atoms with Gasteiger partial charge < -0.3 is 10.4 Å². The molecule has 0 radical (unpaired) electrons. The number of carbonyl (C=O) groups is 1. The van der Waals surface area contributed by atoms with Gasteiger partial charge in [0.25, 0.3) is 11.6 Å². The number of phenols is 1. The molecule has 2 aromatic rings. The van der Waals surface area contributed by atoms with Crippen LogP contribution in [-0.2, 0) is 6.18 Å². The summed E-state index contributed by atoms with van der Waals surface area (Å²) in [6.07, 6.45) is -4.59. The normalized spacial score (nSPS) is 11.3. The quantitative estimate of drug-likeness (QED) is 0.654. The minimum atomic E-state index is -4.59. The second kappa shape index (κ2) is 5.83. The fourth-order valence-corrected chi connectivity index (χ4v) is 2.27. The van der Waals surface area contributed by atoms with Crippen molar-refractivity contribution in [3.63, 3.8) is 0 Å². The van der Waals surface area contributed by atoms with E-state index in [0.717, 1.165) is 12.1 Å². The molecule has 122 valence electrons. The monoisotopic (exact) mass is 347 g/mol. The molecule has 23 heavy (non-hydrogen) atoms. The third-order valence-corrected chi connectivity index (χ3v) is 3.62. The molecule has 0 aliphatic heterocycles. The van der Waals surface area contributed by atoms with Gasteiger partial charge in [-0.1, -0.05) is 0 Å². The highest BCUT2D eigenvalue weighted by Crippen LogP contribution is 2.34. The van der Waals surface area contributed by atoms with Crippen molar-refractivity contribution in [2.75, 3.05) is 5.32 Å². The summed E-state index contributed by atoms with van der Waals surface area (Å²) in [5.41, 5.74) is -0.705. The number of aryl methyl sites for hydroxylation is 1. The van der Waals surface area contributed by atoms with Crippen molar-refractivity contribution >= 4 is 28.9 Å². The van der Waals surface area contributed by atoms with E-state index >= 15 is 0 Å². The van der Waals surface area contributed by atoms with E-state index in [1.807, 2.05) is 0 Å². The summed E-state index contributed by atoms with van der Waals surface area (Å²) in [7, 11) is 0. The summed E-state index contributed by atoms with van der Waals surface area (Å²) in [4.78, 5) is 21.1. The Bertz CT molecular complexity index is 788. The number of alkyl halides is 3. The Morgan fingerprint density at radius 1 is 1.39 bits per heavy atom. The van der Waals surface area contributed by atoms with Crippen molar-refractivity contribution in [1.82, 2.24) is 4.37 Å². The molecule has 2 rings (SSSR count). The minimum Gasteiger partial charge on any atom is -0.507 e. The van der Waals surface area contributed by atoms with Gasteiger partial charge in [0.1, 0.15) is 16.4 Å². The van der Waals surface area contributed by atoms with Crippen LogP contribution in [0.15, 0.2) is 18.2 Å². The number of phenolic OH excluding ortho intramolecular Hbond substituents is 1. The summed E-state index contributed by atoms with van der Waals surface area (Å²) >= 11 is 0.148. The smallest absolute Gasteiger partial charge is 0.427 e. The van der Waals surface area contributed by atoms with Crippen LogP contribution < -0.4 is 5.32 Å². The summed E-state index contributed by atoms with van der Waals surface area (Å²) < 4.78 is 40.8. The number of hydrogen-bond acceptors (Lipinski definition) is 6. The molecule has 1 aromatic heterocycles. The number of halogens is 3. The van der Waals surface area contributed by atoms with Gasteiger partial charge in [-0.25, -0.2) is 0 Å². The van der Waals surface area contributed by atoms with Crippen LogP contribution in [0.5, 0.6) is 5.75 Å². The molecule has 0 saturated heterocycles. The molecule has 0 bridgehead atoms. The molecular formula is C12H8F3N3O4S. The fraction of sp³-hybridized carbons (Fsp3) is 0.167. The number of aromatic hydroxyl groups is 1. The van der Waals surface area contributed by atoms with Gasteiger partial charge in [0.2, 0.25) is 0 Å². The number of hydrogen-bond donors (Lipinski definition) is 2. The van der Waals surface area contributed by atoms with Gasteiger partial charge in [-0.15, -0.1) is 0 Å². The number of nitro groups is 1. The molecule has 0 atom stereocenters. The van der Waals surface area contributed by atoms with Crippen LogP contribution in [0.4, 0.5) is 24.7 Å². The number of amides is 1. The molecule has 0 saturated carbocycles. The SMILES string of the molecule is Cc1cc(O)c(C(=O)Nc2cc(C(F)(F)F)sn2)cc1[N+](=O)[O-]. The standard InChI is InChI=1S/C12H8F3N3O4S/c1-5-2-8(19)6(3-7(5)18(21)22)11(20)16-10-4-9(23-17-10)12(13,14)15/h2-4,19H,1H3,(H,16,17,20). The van der Waals surface area contributed by atoms with E-state index in [0.29, 0.717) is 6.07 Å². The lowest BCUT2D eigenvalue weighted by atomic mass is 10.1. The number of aromatic nitrogens is 1. The molecule has 1 aromatic carbocycles.